The van der Waals surface area contributed by atoms with E-state index >= 15 is 0 Å². The van der Waals surface area contributed by atoms with Crippen LogP contribution in [0.2, 0.25) is 10.0 Å². The summed E-state index contributed by atoms with van der Waals surface area (Å²) in [5.41, 5.74) is 1.18. The lowest BCUT2D eigenvalue weighted by atomic mass is 9.46. The van der Waals surface area contributed by atoms with Crippen LogP contribution >= 0.6 is 23.2 Å². The van der Waals surface area contributed by atoms with Gasteiger partial charge in [0.15, 0.2) is 10.8 Å². The molecule has 1 amide bonds. The van der Waals surface area contributed by atoms with E-state index in [9.17, 15) is 14.9 Å². The number of nitrogens with zero attached hydrogens (tertiary/aromatic N) is 5. The van der Waals surface area contributed by atoms with Crippen LogP contribution in [-0.2, 0) is 16.9 Å². The third-order valence-corrected chi connectivity index (χ3v) is 9.15. The van der Waals surface area contributed by atoms with Gasteiger partial charge in [0, 0.05) is 23.7 Å². The Balaban J connectivity index is 1.19. The van der Waals surface area contributed by atoms with Crippen LogP contribution < -0.4 is 5.32 Å². The number of anilines is 1. The Kier molecular flexibility index (Phi) is 5.84. The lowest BCUT2D eigenvalue weighted by Gasteiger charge is -2.61. The Morgan fingerprint density at radius 3 is 2.62 bits per heavy atom. The standard InChI is InChI=1S/C26H28Cl2N6O3/c1-16-23(28)24(34(36)37)31-33(16)26-11-18-7-19(12-26)10-25(9-18,15-26)13-22(35)29-21-5-6-32(30-21)14-17-3-2-4-20(27)8-17/h2-6,8,18-19H,7,9-15H2,1H3,(H,29,30,35). The molecule has 11 heteroatoms. The average Bonchev–Trinajstić information content (AvgIpc) is 3.36. The summed E-state index contributed by atoms with van der Waals surface area (Å²) in [4.78, 5) is 24.2. The summed E-state index contributed by atoms with van der Waals surface area (Å²) in [6.45, 7) is 2.37. The van der Waals surface area contributed by atoms with E-state index in [1.807, 2.05) is 35.1 Å². The highest BCUT2D eigenvalue weighted by atomic mass is 35.5. The molecule has 2 atom stereocenters. The van der Waals surface area contributed by atoms with Crippen LogP contribution in [0.4, 0.5) is 11.6 Å². The normalized spacial score (nSPS) is 28.0. The number of hydrogen-bond donors (Lipinski definition) is 1. The fraction of sp³-hybridized carbons (Fsp3) is 0.500. The zero-order valence-electron chi connectivity index (χ0n) is 20.5. The van der Waals surface area contributed by atoms with Crippen LogP contribution in [0.25, 0.3) is 0 Å². The first-order chi connectivity index (χ1) is 17.6. The van der Waals surface area contributed by atoms with Crippen LogP contribution in [0.5, 0.6) is 0 Å². The van der Waals surface area contributed by atoms with Crippen molar-refractivity contribution in [3.05, 3.63) is 67.9 Å². The van der Waals surface area contributed by atoms with Gasteiger partial charge in [-0.15, -0.1) is 0 Å². The quantitative estimate of drug-likeness (QED) is 0.292. The number of hydrogen-bond acceptors (Lipinski definition) is 5. The van der Waals surface area contributed by atoms with Crippen molar-refractivity contribution in [3.63, 3.8) is 0 Å². The lowest BCUT2D eigenvalue weighted by molar-refractivity contribution is -0.389. The number of nitrogens with one attached hydrogen (secondary N) is 1. The molecule has 7 rings (SSSR count). The molecule has 4 aliphatic rings. The molecule has 4 bridgehead atoms. The second kappa shape index (κ2) is 8.84. The van der Waals surface area contributed by atoms with E-state index in [-0.39, 0.29) is 27.7 Å². The third-order valence-electron chi connectivity index (χ3n) is 8.48. The SMILES string of the molecule is Cc1c(Cl)c([N+](=O)[O-])nn1C12CC3CC(CC(CC(=O)Nc4ccn(Cc5cccc(Cl)c5)n4)(C3)C1)C2. The maximum atomic E-state index is 13.3. The number of amides is 1. The minimum absolute atomic E-state index is 0.0497. The Hall–Kier alpha value is -2.91. The zero-order chi connectivity index (χ0) is 25.9. The van der Waals surface area contributed by atoms with Gasteiger partial charge < -0.3 is 15.4 Å². The Bertz CT molecular complexity index is 1380. The van der Waals surface area contributed by atoms with Gasteiger partial charge in [0.1, 0.15) is 0 Å². The molecule has 4 saturated carbocycles. The summed E-state index contributed by atoms with van der Waals surface area (Å²) in [6.07, 6.45) is 8.02. The van der Waals surface area contributed by atoms with Crippen molar-refractivity contribution in [3.8, 4) is 0 Å². The van der Waals surface area contributed by atoms with Gasteiger partial charge in [0.05, 0.1) is 22.9 Å². The largest absolute Gasteiger partial charge is 0.408 e. The molecule has 37 heavy (non-hydrogen) atoms. The fourth-order valence-corrected chi connectivity index (χ4v) is 8.17. The first kappa shape index (κ1) is 24.4. The van der Waals surface area contributed by atoms with E-state index in [2.05, 4.69) is 15.5 Å². The van der Waals surface area contributed by atoms with E-state index in [0.29, 0.717) is 41.3 Å². The van der Waals surface area contributed by atoms with Crippen molar-refractivity contribution in [2.45, 2.75) is 64.0 Å². The van der Waals surface area contributed by atoms with Gasteiger partial charge in [0.2, 0.25) is 5.91 Å². The minimum atomic E-state index is -0.513. The number of carbonyl (C=O) groups is 1. The van der Waals surface area contributed by atoms with Crippen molar-refractivity contribution in [1.29, 1.82) is 0 Å². The van der Waals surface area contributed by atoms with E-state index in [0.717, 1.165) is 44.1 Å². The summed E-state index contributed by atoms with van der Waals surface area (Å²) in [5.74, 6) is 1.15. The van der Waals surface area contributed by atoms with Crippen LogP contribution in [0.1, 0.15) is 56.2 Å². The van der Waals surface area contributed by atoms with Crippen molar-refractivity contribution in [2.75, 3.05) is 5.32 Å². The molecule has 3 aromatic rings. The summed E-state index contributed by atoms with van der Waals surface area (Å²) < 4.78 is 3.60. The molecule has 0 radical (unpaired) electrons. The molecule has 0 aliphatic heterocycles. The second-order valence-corrected chi connectivity index (χ2v) is 12.1. The molecule has 1 aromatic carbocycles. The van der Waals surface area contributed by atoms with Gasteiger partial charge in [-0.25, -0.2) is 0 Å². The maximum absolute atomic E-state index is 13.3. The maximum Gasteiger partial charge on any atom is 0.408 e. The van der Waals surface area contributed by atoms with E-state index in [4.69, 9.17) is 23.2 Å². The topological polar surface area (TPSA) is 108 Å². The molecular formula is C26H28Cl2N6O3. The first-order valence-electron chi connectivity index (χ1n) is 12.6. The third kappa shape index (κ3) is 4.42. The molecule has 4 fully saturated rings. The monoisotopic (exact) mass is 542 g/mol. The van der Waals surface area contributed by atoms with E-state index < -0.39 is 4.92 Å². The Morgan fingerprint density at radius 2 is 1.95 bits per heavy atom. The zero-order valence-corrected chi connectivity index (χ0v) is 22.0. The molecule has 0 saturated heterocycles. The Morgan fingerprint density at radius 1 is 1.19 bits per heavy atom. The fourth-order valence-electron chi connectivity index (χ4n) is 7.77. The van der Waals surface area contributed by atoms with E-state index in [1.165, 1.54) is 0 Å². The summed E-state index contributed by atoms with van der Waals surface area (Å²) in [7, 11) is 0. The molecule has 2 heterocycles. The first-order valence-corrected chi connectivity index (χ1v) is 13.4. The molecule has 1 N–H and O–H groups in total. The number of rotatable bonds is 7. The van der Waals surface area contributed by atoms with Crippen LogP contribution in [0.15, 0.2) is 36.5 Å². The minimum Gasteiger partial charge on any atom is -0.358 e. The predicted molar refractivity (Wildman–Crippen MR) is 140 cm³/mol. The number of aromatic nitrogens is 4. The molecule has 4 aliphatic carbocycles. The molecule has 194 valence electrons. The van der Waals surface area contributed by atoms with Crippen molar-refractivity contribution < 1.29 is 9.72 Å². The van der Waals surface area contributed by atoms with Crippen LogP contribution in [-0.4, -0.2) is 30.4 Å². The van der Waals surface area contributed by atoms with Gasteiger partial charge in [-0.2, -0.15) is 9.78 Å². The molecule has 0 spiro atoms. The highest BCUT2D eigenvalue weighted by Crippen LogP contribution is 2.65. The molecule has 2 unspecified atom stereocenters. The smallest absolute Gasteiger partial charge is 0.358 e. The highest BCUT2D eigenvalue weighted by molar-refractivity contribution is 6.33. The van der Waals surface area contributed by atoms with Gasteiger partial charge in [-0.3, -0.25) is 9.48 Å². The number of carbonyl (C=O) groups excluding carboxylic acids is 1. The van der Waals surface area contributed by atoms with Gasteiger partial charge in [-0.05, 0) is 85.3 Å². The molecular weight excluding hydrogens is 515 g/mol. The summed E-state index contributed by atoms with van der Waals surface area (Å²) in [6, 6.07) is 9.42. The molecule has 9 nitrogen and oxygen atoms in total. The summed E-state index contributed by atoms with van der Waals surface area (Å²) in [5, 5.41) is 24.2. The van der Waals surface area contributed by atoms with Crippen LogP contribution in [0, 0.1) is 34.3 Å². The number of benzene rings is 1. The lowest BCUT2D eigenvalue weighted by Crippen LogP contribution is -2.57. The Labute approximate surface area is 224 Å². The average molecular weight is 543 g/mol. The van der Waals surface area contributed by atoms with Crippen molar-refractivity contribution in [2.24, 2.45) is 17.3 Å². The van der Waals surface area contributed by atoms with Crippen molar-refractivity contribution >= 4 is 40.7 Å². The molecule has 2 aromatic heterocycles. The number of halogens is 2. The van der Waals surface area contributed by atoms with Gasteiger partial charge >= 0.3 is 5.82 Å². The van der Waals surface area contributed by atoms with E-state index in [1.54, 1.807) is 17.7 Å². The number of nitro groups is 1. The predicted octanol–water partition coefficient (Wildman–Crippen LogP) is 5.98. The van der Waals surface area contributed by atoms with Gasteiger partial charge in [-0.1, -0.05) is 35.3 Å². The summed E-state index contributed by atoms with van der Waals surface area (Å²) >= 11 is 12.4. The highest BCUT2D eigenvalue weighted by Gasteiger charge is 2.60. The van der Waals surface area contributed by atoms with Gasteiger partial charge in [0.25, 0.3) is 0 Å². The van der Waals surface area contributed by atoms with Crippen molar-refractivity contribution in [1.82, 2.24) is 19.6 Å². The second-order valence-electron chi connectivity index (χ2n) is 11.3. The van der Waals surface area contributed by atoms with Crippen LogP contribution in [0.3, 0.4) is 0 Å².